The quantitative estimate of drug-likeness (QED) is 0.748. The third-order valence-electron chi connectivity index (χ3n) is 4.66. The summed E-state index contributed by atoms with van der Waals surface area (Å²) in [5, 5.41) is 7.65. The Labute approximate surface area is 162 Å². The van der Waals surface area contributed by atoms with Gasteiger partial charge in [-0.05, 0) is 30.0 Å². The first-order valence-corrected chi connectivity index (χ1v) is 9.97. The van der Waals surface area contributed by atoms with Gasteiger partial charge in [-0.15, -0.1) is 11.8 Å². The normalized spacial score (nSPS) is 16.7. The lowest BCUT2D eigenvalue weighted by atomic mass is 9.98. The Hall–Kier alpha value is -2.67. The monoisotopic (exact) mass is 379 g/mol. The zero-order valence-electron chi connectivity index (χ0n) is 15.5. The maximum Gasteiger partial charge on any atom is 0.252 e. The van der Waals surface area contributed by atoms with E-state index in [0.717, 1.165) is 11.3 Å². The molecule has 3 heterocycles. The number of hydrogen-bond donors (Lipinski definition) is 1. The molecule has 0 spiro atoms. The Bertz CT molecular complexity index is 966. The van der Waals surface area contributed by atoms with Crippen LogP contribution in [0.5, 0.6) is 0 Å². The third-order valence-corrected chi connectivity index (χ3v) is 5.93. The number of fused-ring (bicyclic) bond motifs is 1. The van der Waals surface area contributed by atoms with Crippen LogP contribution in [0.25, 0.3) is 5.95 Å². The Kier molecular flexibility index (Phi) is 4.70. The van der Waals surface area contributed by atoms with Crippen molar-refractivity contribution in [3.63, 3.8) is 0 Å². The fraction of sp³-hybridized carbons (Fsp3) is 0.300. The summed E-state index contributed by atoms with van der Waals surface area (Å²) < 4.78 is 1.63. The number of nitrogens with one attached hydrogen (secondary N) is 1. The second-order valence-corrected chi connectivity index (χ2v) is 7.96. The van der Waals surface area contributed by atoms with Crippen LogP contribution in [0.2, 0.25) is 0 Å². The number of carbonyl (C=O) groups excluding carboxylic acids is 1. The molecule has 0 unspecified atom stereocenters. The Balaban J connectivity index is 1.83. The van der Waals surface area contributed by atoms with Crippen LogP contribution in [0.1, 0.15) is 47.4 Å². The van der Waals surface area contributed by atoms with Crippen LogP contribution in [-0.4, -0.2) is 31.4 Å². The minimum absolute atomic E-state index is 0.0256. The van der Waals surface area contributed by atoms with Gasteiger partial charge in [0.1, 0.15) is 5.82 Å². The largest absolute Gasteiger partial charge is 0.309 e. The van der Waals surface area contributed by atoms with Crippen LogP contribution < -0.4 is 5.32 Å². The van der Waals surface area contributed by atoms with Gasteiger partial charge in [-0.1, -0.05) is 38.1 Å². The van der Waals surface area contributed by atoms with Gasteiger partial charge in [0.25, 0.3) is 5.95 Å². The van der Waals surface area contributed by atoms with Gasteiger partial charge < -0.3 is 5.32 Å². The number of hydrogen-bond acceptors (Lipinski definition) is 5. The molecule has 1 N–H and O–H groups in total. The number of aryl methyl sites for hydroxylation is 1. The second kappa shape index (κ2) is 7.15. The molecule has 1 aliphatic heterocycles. The molecule has 0 radical (unpaired) electrons. The summed E-state index contributed by atoms with van der Waals surface area (Å²) in [7, 11) is 0. The van der Waals surface area contributed by atoms with Crippen LogP contribution >= 0.6 is 11.8 Å². The van der Waals surface area contributed by atoms with Gasteiger partial charge in [0.15, 0.2) is 0 Å². The molecule has 1 aliphatic rings. The molecule has 7 heteroatoms. The fourth-order valence-electron chi connectivity index (χ4n) is 3.25. The zero-order chi connectivity index (χ0) is 19.0. The first kappa shape index (κ1) is 17.7. The maximum atomic E-state index is 12.3. The molecule has 0 bridgehead atoms. The molecule has 27 heavy (non-hydrogen) atoms. The van der Waals surface area contributed by atoms with Crippen molar-refractivity contribution in [1.29, 1.82) is 0 Å². The summed E-state index contributed by atoms with van der Waals surface area (Å²) in [6, 6.07) is 10.4. The van der Waals surface area contributed by atoms with E-state index in [4.69, 9.17) is 0 Å². The first-order chi connectivity index (χ1) is 13.0. The van der Waals surface area contributed by atoms with E-state index < -0.39 is 0 Å². The molecule has 1 amide bonds. The van der Waals surface area contributed by atoms with Crippen molar-refractivity contribution in [3.8, 4) is 5.95 Å². The van der Waals surface area contributed by atoms with E-state index in [0.29, 0.717) is 23.4 Å². The van der Waals surface area contributed by atoms with Gasteiger partial charge in [-0.3, -0.25) is 4.79 Å². The topological polar surface area (TPSA) is 72.7 Å². The minimum Gasteiger partial charge on any atom is -0.309 e. The Morgan fingerprint density at radius 2 is 1.89 bits per heavy atom. The second-order valence-electron chi connectivity index (χ2n) is 6.87. The summed E-state index contributed by atoms with van der Waals surface area (Å²) in [4.78, 5) is 20.9. The smallest absolute Gasteiger partial charge is 0.252 e. The number of benzene rings is 1. The molecule has 2 aromatic heterocycles. The van der Waals surface area contributed by atoms with Gasteiger partial charge in [0, 0.05) is 18.0 Å². The Morgan fingerprint density at radius 3 is 2.56 bits per heavy atom. The third kappa shape index (κ3) is 3.35. The Morgan fingerprint density at radius 1 is 1.19 bits per heavy atom. The summed E-state index contributed by atoms with van der Waals surface area (Å²) in [6.45, 7) is 6.33. The van der Waals surface area contributed by atoms with E-state index >= 15 is 0 Å². The summed E-state index contributed by atoms with van der Waals surface area (Å²) >= 11 is 1.62. The van der Waals surface area contributed by atoms with Crippen LogP contribution in [-0.2, 0) is 4.79 Å². The van der Waals surface area contributed by atoms with Crippen molar-refractivity contribution in [2.45, 2.75) is 31.9 Å². The molecular weight excluding hydrogens is 358 g/mol. The SMILES string of the molecule is Cc1nn(-c2ncccn2)c2c1[C@@H](c1ccc(C(C)C)cc1)SCC(=O)N2. The van der Waals surface area contributed by atoms with E-state index in [9.17, 15) is 4.79 Å². The number of aromatic nitrogens is 4. The van der Waals surface area contributed by atoms with Crippen LogP contribution in [0.15, 0.2) is 42.7 Å². The van der Waals surface area contributed by atoms with Crippen molar-refractivity contribution in [2.24, 2.45) is 0 Å². The van der Waals surface area contributed by atoms with Crippen molar-refractivity contribution in [1.82, 2.24) is 19.7 Å². The summed E-state index contributed by atoms with van der Waals surface area (Å²) in [6.07, 6.45) is 3.34. The van der Waals surface area contributed by atoms with Gasteiger partial charge in [0.2, 0.25) is 5.91 Å². The van der Waals surface area contributed by atoms with Crippen molar-refractivity contribution < 1.29 is 4.79 Å². The summed E-state index contributed by atoms with van der Waals surface area (Å²) in [5.74, 6) is 1.94. The lowest BCUT2D eigenvalue weighted by Gasteiger charge is -2.16. The highest BCUT2D eigenvalue weighted by Crippen LogP contribution is 2.43. The lowest BCUT2D eigenvalue weighted by Crippen LogP contribution is -2.16. The zero-order valence-corrected chi connectivity index (χ0v) is 16.3. The van der Waals surface area contributed by atoms with Crippen LogP contribution in [0.3, 0.4) is 0 Å². The highest BCUT2D eigenvalue weighted by Gasteiger charge is 2.31. The number of amides is 1. The number of nitrogens with zero attached hydrogens (tertiary/aromatic N) is 4. The number of thioether (sulfide) groups is 1. The highest BCUT2D eigenvalue weighted by atomic mass is 32.2. The minimum atomic E-state index is -0.0420. The van der Waals surface area contributed by atoms with Gasteiger partial charge >= 0.3 is 0 Å². The maximum absolute atomic E-state index is 12.3. The number of rotatable bonds is 3. The molecule has 3 aromatic rings. The van der Waals surface area contributed by atoms with E-state index in [1.807, 2.05) is 6.92 Å². The van der Waals surface area contributed by atoms with Crippen molar-refractivity contribution in [2.75, 3.05) is 11.1 Å². The van der Waals surface area contributed by atoms with E-state index in [1.165, 1.54) is 11.1 Å². The standard InChI is InChI=1S/C20H21N5OS/c1-12(2)14-5-7-15(8-6-14)18-17-13(3)24-25(20-21-9-4-10-22-20)19(17)23-16(26)11-27-18/h4-10,12,18H,11H2,1-3H3,(H,23,26)/t18-/m1/s1. The molecule has 1 atom stereocenters. The first-order valence-electron chi connectivity index (χ1n) is 8.93. The molecule has 1 aromatic carbocycles. The molecule has 0 fully saturated rings. The number of carbonyl (C=O) groups is 1. The predicted octanol–water partition coefficient (Wildman–Crippen LogP) is 3.87. The van der Waals surface area contributed by atoms with Gasteiger partial charge in [-0.2, -0.15) is 9.78 Å². The van der Waals surface area contributed by atoms with Gasteiger partial charge in [0.05, 0.1) is 16.7 Å². The van der Waals surface area contributed by atoms with Crippen LogP contribution in [0.4, 0.5) is 5.82 Å². The fourth-order valence-corrected chi connectivity index (χ4v) is 4.44. The molecular formula is C20H21N5OS. The highest BCUT2D eigenvalue weighted by molar-refractivity contribution is 8.00. The van der Waals surface area contributed by atoms with E-state index in [-0.39, 0.29) is 11.2 Å². The predicted molar refractivity (Wildman–Crippen MR) is 107 cm³/mol. The molecule has 4 rings (SSSR count). The van der Waals surface area contributed by atoms with E-state index in [2.05, 4.69) is 58.5 Å². The molecule has 0 saturated heterocycles. The van der Waals surface area contributed by atoms with E-state index in [1.54, 1.807) is 34.9 Å². The molecule has 0 aliphatic carbocycles. The van der Waals surface area contributed by atoms with Crippen molar-refractivity contribution >= 4 is 23.5 Å². The van der Waals surface area contributed by atoms with Crippen LogP contribution in [0, 0.1) is 6.92 Å². The molecule has 6 nitrogen and oxygen atoms in total. The molecule has 138 valence electrons. The molecule has 0 saturated carbocycles. The van der Waals surface area contributed by atoms with Crippen molar-refractivity contribution in [3.05, 3.63) is 65.1 Å². The number of anilines is 1. The van der Waals surface area contributed by atoms with Gasteiger partial charge in [-0.25, -0.2) is 9.97 Å². The summed E-state index contributed by atoms with van der Waals surface area (Å²) in [5.41, 5.74) is 4.34. The lowest BCUT2D eigenvalue weighted by molar-refractivity contribution is -0.113. The average Bonchev–Trinajstić information content (AvgIpc) is 2.88. The average molecular weight is 379 g/mol.